The van der Waals surface area contributed by atoms with Crippen LogP contribution in [0.1, 0.15) is 48.8 Å². The average molecular weight is 516 g/mol. The molecule has 0 aromatic carbocycles. The minimum atomic E-state index is 0. The Morgan fingerprint density at radius 2 is 2.21 bits per heavy atom. The van der Waals surface area contributed by atoms with E-state index in [2.05, 4.69) is 53.7 Å². The quantitative estimate of drug-likeness (QED) is 0.359. The number of guanidine groups is 1. The zero-order valence-corrected chi connectivity index (χ0v) is 20.5. The molecule has 0 aliphatic carbocycles. The summed E-state index contributed by atoms with van der Waals surface area (Å²) in [6.45, 7) is 12.5. The Labute approximate surface area is 189 Å². The Balaban J connectivity index is 0.00000280. The van der Waals surface area contributed by atoms with Gasteiger partial charge in [0.1, 0.15) is 0 Å². The van der Waals surface area contributed by atoms with Crippen LogP contribution in [0.15, 0.2) is 23.7 Å². The van der Waals surface area contributed by atoms with E-state index in [0.717, 1.165) is 45.0 Å². The zero-order chi connectivity index (χ0) is 19.2. The van der Waals surface area contributed by atoms with Crippen molar-refractivity contribution in [1.29, 1.82) is 0 Å². The summed E-state index contributed by atoms with van der Waals surface area (Å²) in [6, 6.07) is 0.443. The van der Waals surface area contributed by atoms with Crippen molar-refractivity contribution in [3.05, 3.63) is 34.3 Å². The van der Waals surface area contributed by atoms with Gasteiger partial charge in [0.2, 0.25) is 0 Å². The van der Waals surface area contributed by atoms with Gasteiger partial charge in [-0.05, 0) is 32.6 Å². The molecule has 3 rings (SSSR count). The molecule has 28 heavy (non-hydrogen) atoms. The number of aliphatic imine (C=N–C) groups is 1. The number of nitrogens with zero attached hydrogens (tertiary/aromatic N) is 5. The van der Waals surface area contributed by atoms with Crippen LogP contribution in [0.2, 0.25) is 0 Å². The number of thiazole rings is 1. The minimum Gasteiger partial charge on any atom is -0.357 e. The first-order valence-electron chi connectivity index (χ1n) is 10.1. The van der Waals surface area contributed by atoms with Crippen LogP contribution >= 0.6 is 35.3 Å². The molecular formula is C20H33IN6S. The van der Waals surface area contributed by atoms with E-state index in [1.54, 1.807) is 0 Å². The molecule has 2 aromatic heterocycles. The van der Waals surface area contributed by atoms with Gasteiger partial charge in [-0.3, -0.25) is 4.99 Å². The van der Waals surface area contributed by atoms with Gasteiger partial charge in [0.25, 0.3) is 0 Å². The highest BCUT2D eigenvalue weighted by Crippen LogP contribution is 2.27. The van der Waals surface area contributed by atoms with Crippen molar-refractivity contribution in [3.63, 3.8) is 0 Å². The van der Waals surface area contributed by atoms with Gasteiger partial charge < -0.3 is 14.8 Å². The van der Waals surface area contributed by atoms with Crippen LogP contribution in [0, 0.1) is 12.8 Å². The van der Waals surface area contributed by atoms with Gasteiger partial charge in [0.05, 0.1) is 23.1 Å². The van der Waals surface area contributed by atoms with Gasteiger partial charge in [0.15, 0.2) is 5.96 Å². The highest BCUT2D eigenvalue weighted by Gasteiger charge is 2.28. The monoisotopic (exact) mass is 516 g/mol. The second-order valence-corrected chi connectivity index (χ2v) is 8.53. The fourth-order valence-corrected chi connectivity index (χ4v) is 4.71. The molecule has 2 unspecified atom stereocenters. The van der Waals surface area contributed by atoms with Crippen LogP contribution < -0.4 is 5.32 Å². The number of imidazole rings is 1. The molecule has 1 saturated heterocycles. The Bertz CT molecular complexity index is 742. The van der Waals surface area contributed by atoms with Crippen LogP contribution in [0.5, 0.6) is 0 Å². The van der Waals surface area contributed by atoms with Crippen LogP contribution in [-0.4, -0.2) is 51.6 Å². The smallest absolute Gasteiger partial charge is 0.193 e. The lowest BCUT2D eigenvalue weighted by molar-refractivity contribution is 0.189. The number of likely N-dealkylation sites (tertiary alicyclic amines) is 1. The minimum absolute atomic E-state index is 0. The van der Waals surface area contributed by atoms with Crippen molar-refractivity contribution < 1.29 is 0 Å². The number of aromatic nitrogens is 3. The number of halogens is 1. The maximum Gasteiger partial charge on any atom is 0.193 e. The molecule has 2 aromatic rings. The molecule has 3 heterocycles. The van der Waals surface area contributed by atoms with Gasteiger partial charge in [-0.25, -0.2) is 9.97 Å². The molecule has 1 fully saturated rings. The third-order valence-corrected chi connectivity index (χ3v) is 6.39. The Morgan fingerprint density at radius 1 is 1.39 bits per heavy atom. The summed E-state index contributed by atoms with van der Waals surface area (Å²) < 4.78 is 2.24. The molecule has 0 radical (unpaired) electrons. The molecule has 0 amide bonds. The lowest BCUT2D eigenvalue weighted by Gasteiger charge is -2.39. The Morgan fingerprint density at radius 3 is 2.86 bits per heavy atom. The lowest BCUT2D eigenvalue weighted by Crippen LogP contribution is -2.49. The van der Waals surface area contributed by atoms with Crippen LogP contribution in [0.4, 0.5) is 0 Å². The summed E-state index contributed by atoms with van der Waals surface area (Å²) in [6.07, 6.45) is 8.96. The van der Waals surface area contributed by atoms with Gasteiger partial charge in [-0.2, -0.15) is 0 Å². The number of rotatable bonds is 6. The number of hydrogen-bond acceptors (Lipinski definition) is 4. The average Bonchev–Trinajstić information content (AvgIpc) is 3.31. The molecule has 156 valence electrons. The SMILES string of the molecule is CCNC(=NCCc1nc(CC)c(C)s1)N1CCC(C)C(n2ccnc2)C1.I. The Kier molecular flexibility index (Phi) is 9.20. The van der Waals surface area contributed by atoms with Crippen molar-refractivity contribution in [2.45, 2.75) is 53.0 Å². The molecule has 8 heteroatoms. The zero-order valence-electron chi connectivity index (χ0n) is 17.4. The van der Waals surface area contributed by atoms with Gasteiger partial charge >= 0.3 is 0 Å². The van der Waals surface area contributed by atoms with E-state index in [1.807, 2.05) is 23.9 Å². The first-order chi connectivity index (χ1) is 13.1. The molecule has 6 nitrogen and oxygen atoms in total. The molecule has 1 aliphatic heterocycles. The second kappa shape index (κ2) is 11.1. The predicted molar refractivity (Wildman–Crippen MR) is 128 cm³/mol. The van der Waals surface area contributed by atoms with Gasteiger partial charge in [-0.15, -0.1) is 35.3 Å². The molecule has 0 bridgehead atoms. The maximum atomic E-state index is 4.91. The highest BCUT2D eigenvalue weighted by atomic mass is 127. The lowest BCUT2D eigenvalue weighted by atomic mass is 9.93. The summed E-state index contributed by atoms with van der Waals surface area (Å²) in [5, 5.41) is 4.68. The van der Waals surface area contributed by atoms with E-state index in [1.165, 1.54) is 22.0 Å². The summed E-state index contributed by atoms with van der Waals surface area (Å²) in [7, 11) is 0. The second-order valence-electron chi connectivity index (χ2n) is 7.24. The number of aryl methyl sites for hydroxylation is 2. The van der Waals surface area contributed by atoms with Crippen molar-refractivity contribution in [3.8, 4) is 0 Å². The summed E-state index contributed by atoms with van der Waals surface area (Å²) in [5.41, 5.74) is 1.24. The van der Waals surface area contributed by atoms with E-state index >= 15 is 0 Å². The molecule has 0 saturated carbocycles. The van der Waals surface area contributed by atoms with E-state index in [0.29, 0.717) is 12.0 Å². The van der Waals surface area contributed by atoms with Crippen molar-refractivity contribution in [1.82, 2.24) is 24.8 Å². The first-order valence-corrected chi connectivity index (χ1v) is 10.9. The summed E-state index contributed by atoms with van der Waals surface area (Å²) in [5.74, 6) is 1.67. The number of piperidine rings is 1. The third-order valence-electron chi connectivity index (χ3n) is 5.32. The number of hydrogen-bond donors (Lipinski definition) is 1. The molecule has 1 N–H and O–H groups in total. The molecule has 0 spiro atoms. The van der Waals surface area contributed by atoms with E-state index in [4.69, 9.17) is 9.98 Å². The standard InChI is InChI=1S/C20H32N6S.HI/c1-5-17-16(4)27-19(24-17)7-9-23-20(22-6-2)25-11-8-15(3)18(13-25)26-12-10-21-14-26;/h10,12,14-15,18H,5-9,11,13H2,1-4H3,(H,22,23);1H. The summed E-state index contributed by atoms with van der Waals surface area (Å²) in [4.78, 5) is 17.6. The van der Waals surface area contributed by atoms with Crippen molar-refractivity contribution >= 4 is 41.3 Å². The van der Waals surface area contributed by atoms with E-state index in [-0.39, 0.29) is 24.0 Å². The molecule has 1 aliphatic rings. The van der Waals surface area contributed by atoms with Gasteiger partial charge in [0, 0.05) is 49.9 Å². The number of nitrogens with one attached hydrogen (secondary N) is 1. The van der Waals surface area contributed by atoms with Crippen LogP contribution in [-0.2, 0) is 12.8 Å². The van der Waals surface area contributed by atoms with Crippen LogP contribution in [0.3, 0.4) is 0 Å². The Hall–Kier alpha value is -1.16. The normalized spacial score (nSPS) is 20.1. The van der Waals surface area contributed by atoms with Crippen molar-refractivity contribution in [2.75, 3.05) is 26.2 Å². The molecular weight excluding hydrogens is 483 g/mol. The fourth-order valence-electron chi connectivity index (χ4n) is 3.70. The van der Waals surface area contributed by atoms with E-state index < -0.39 is 0 Å². The third kappa shape index (κ3) is 5.68. The summed E-state index contributed by atoms with van der Waals surface area (Å²) >= 11 is 1.81. The topological polar surface area (TPSA) is 58.3 Å². The largest absolute Gasteiger partial charge is 0.357 e. The van der Waals surface area contributed by atoms with E-state index in [9.17, 15) is 0 Å². The molecule has 2 atom stereocenters. The van der Waals surface area contributed by atoms with Crippen LogP contribution in [0.25, 0.3) is 0 Å². The van der Waals surface area contributed by atoms with Crippen molar-refractivity contribution in [2.24, 2.45) is 10.9 Å². The maximum absolute atomic E-state index is 4.91. The highest BCUT2D eigenvalue weighted by molar-refractivity contribution is 14.0. The van der Waals surface area contributed by atoms with Gasteiger partial charge in [-0.1, -0.05) is 13.8 Å². The first kappa shape index (κ1) is 23.1. The predicted octanol–water partition coefficient (Wildman–Crippen LogP) is 3.92. The fraction of sp³-hybridized carbons (Fsp3) is 0.650.